The topological polar surface area (TPSA) is 135 Å². The van der Waals surface area contributed by atoms with E-state index in [0.717, 1.165) is 17.4 Å². The molecule has 0 saturated heterocycles. The van der Waals surface area contributed by atoms with Gasteiger partial charge in [0.25, 0.3) is 11.2 Å². The maximum Gasteiger partial charge on any atom is 0.338 e. The molecule has 0 unspecified atom stereocenters. The molecule has 1 atom stereocenters. The Hall–Kier alpha value is -4.39. The fraction of sp³-hybridized carbons (Fsp3) is 0.258. The van der Waals surface area contributed by atoms with Crippen LogP contribution in [0.1, 0.15) is 44.1 Å². The van der Waals surface area contributed by atoms with Gasteiger partial charge in [0.05, 0.1) is 46.6 Å². The molecule has 3 heterocycles. The van der Waals surface area contributed by atoms with E-state index < -0.39 is 22.5 Å². The molecule has 0 N–H and O–H groups in total. The summed E-state index contributed by atoms with van der Waals surface area (Å²) in [5.41, 5.74) is 0.895. The number of allylic oxidation sites excluding steroid dienone is 1. The van der Waals surface area contributed by atoms with Gasteiger partial charge in [-0.25, -0.2) is 9.79 Å². The Labute approximate surface area is 270 Å². The second kappa shape index (κ2) is 13.3. The average Bonchev–Trinajstić information content (AvgIpc) is 3.61. The highest BCUT2D eigenvalue weighted by Gasteiger charge is 2.36. The predicted octanol–water partition coefficient (Wildman–Crippen LogP) is 6.07. The number of halogens is 2. The fourth-order valence-corrected chi connectivity index (χ4v) is 6.52. The molecule has 1 aliphatic rings. The molecular weight excluding hydrogens is 645 g/mol. The molecule has 4 aromatic rings. The van der Waals surface area contributed by atoms with Gasteiger partial charge in [0, 0.05) is 23.3 Å². The van der Waals surface area contributed by atoms with Gasteiger partial charge in [-0.3, -0.25) is 19.5 Å². The number of nitro benzene ring substituents is 1. The van der Waals surface area contributed by atoms with Gasteiger partial charge in [-0.2, -0.15) is 0 Å². The Balaban J connectivity index is 1.70. The lowest BCUT2D eigenvalue weighted by Crippen LogP contribution is -2.40. The van der Waals surface area contributed by atoms with Gasteiger partial charge < -0.3 is 18.6 Å². The molecule has 5 rings (SSSR count). The summed E-state index contributed by atoms with van der Waals surface area (Å²) in [6.07, 6.45) is 2.73. The van der Waals surface area contributed by atoms with E-state index in [1.54, 1.807) is 43.3 Å². The molecule has 0 aliphatic carbocycles. The third-order valence-electron chi connectivity index (χ3n) is 7.02. The fourth-order valence-electron chi connectivity index (χ4n) is 5.04. The van der Waals surface area contributed by atoms with Crippen molar-refractivity contribution in [1.82, 2.24) is 4.57 Å². The Morgan fingerprint density at radius 3 is 2.58 bits per heavy atom. The molecule has 0 spiro atoms. The van der Waals surface area contributed by atoms with E-state index in [9.17, 15) is 19.7 Å². The number of carbonyl (C=O) groups is 1. The SMILES string of the molecule is CCCC1=C(C(=O)OCC)[C@@H](c2cc(OC)ccc2OC)n2c(s/c(=C/c3ccc(-c4cc(Cl)c([N+](=O)[O-])cc4Cl)o3)c2=O)=N1. The minimum atomic E-state index is -0.915. The van der Waals surface area contributed by atoms with E-state index in [4.69, 9.17) is 46.8 Å². The first-order chi connectivity index (χ1) is 21.6. The summed E-state index contributed by atoms with van der Waals surface area (Å²) in [6, 6.07) is 10.0. The zero-order valence-corrected chi connectivity index (χ0v) is 26.9. The van der Waals surface area contributed by atoms with E-state index in [1.165, 1.54) is 24.9 Å². The van der Waals surface area contributed by atoms with Crippen molar-refractivity contribution in [2.24, 2.45) is 4.99 Å². The Kier molecular flexibility index (Phi) is 9.47. The number of esters is 1. The second-order valence-electron chi connectivity index (χ2n) is 9.76. The zero-order chi connectivity index (χ0) is 32.4. The number of carbonyl (C=O) groups excluding carboxylic acids is 1. The van der Waals surface area contributed by atoms with Crippen molar-refractivity contribution < 1.29 is 28.3 Å². The van der Waals surface area contributed by atoms with Gasteiger partial charge in [-0.1, -0.05) is 47.9 Å². The number of methoxy groups -OCH3 is 2. The van der Waals surface area contributed by atoms with Crippen LogP contribution >= 0.6 is 34.5 Å². The smallest absolute Gasteiger partial charge is 0.338 e. The first-order valence-electron chi connectivity index (χ1n) is 13.8. The highest BCUT2D eigenvalue weighted by Crippen LogP contribution is 2.39. The van der Waals surface area contributed by atoms with E-state index in [0.29, 0.717) is 57.5 Å². The van der Waals surface area contributed by atoms with Crippen molar-refractivity contribution in [3.63, 3.8) is 0 Å². The predicted molar refractivity (Wildman–Crippen MR) is 170 cm³/mol. The summed E-state index contributed by atoms with van der Waals surface area (Å²) >= 11 is 13.5. The number of fused-ring (bicyclic) bond motifs is 1. The van der Waals surface area contributed by atoms with Gasteiger partial charge in [0.2, 0.25) is 0 Å². The van der Waals surface area contributed by atoms with Crippen LogP contribution in [0.15, 0.2) is 67.9 Å². The molecule has 1 aliphatic heterocycles. The first-order valence-corrected chi connectivity index (χ1v) is 15.4. The van der Waals surface area contributed by atoms with E-state index in [-0.39, 0.29) is 32.4 Å². The van der Waals surface area contributed by atoms with Crippen LogP contribution in [0.4, 0.5) is 5.69 Å². The van der Waals surface area contributed by atoms with Crippen molar-refractivity contribution in [3.05, 3.63) is 105 Å². The lowest BCUT2D eigenvalue weighted by Gasteiger charge is -2.27. The van der Waals surface area contributed by atoms with Crippen LogP contribution in [0.3, 0.4) is 0 Å². The summed E-state index contributed by atoms with van der Waals surface area (Å²) in [6.45, 7) is 3.82. The monoisotopic (exact) mass is 671 g/mol. The standard InChI is InChI=1S/C31H27Cl2N3O8S/c1-5-7-22-27(30(38)43-6-2)28(19-12-16(41-3)8-10-24(19)42-4)35-29(37)26(45-31(35)34-22)13-17-9-11-25(44-17)18-14-21(33)23(36(39)40)15-20(18)32/h8-15,28H,5-7H2,1-4H3/b26-13+/t28-/m1/s1. The van der Waals surface area contributed by atoms with Gasteiger partial charge in [0.1, 0.15) is 34.1 Å². The third kappa shape index (κ3) is 6.13. The molecule has 2 aromatic carbocycles. The van der Waals surface area contributed by atoms with E-state index >= 15 is 0 Å². The van der Waals surface area contributed by atoms with Gasteiger partial charge in [0.15, 0.2) is 4.80 Å². The summed E-state index contributed by atoms with van der Waals surface area (Å²) in [5, 5.41) is 11.2. The largest absolute Gasteiger partial charge is 0.497 e. The van der Waals surface area contributed by atoms with Crippen LogP contribution in [0.25, 0.3) is 17.4 Å². The molecule has 2 aromatic heterocycles. The Morgan fingerprint density at radius 1 is 1.13 bits per heavy atom. The van der Waals surface area contributed by atoms with Gasteiger partial charge in [-0.05, 0) is 49.7 Å². The summed E-state index contributed by atoms with van der Waals surface area (Å²) < 4.78 is 24.3. The average molecular weight is 673 g/mol. The number of rotatable bonds is 10. The molecule has 0 amide bonds. The zero-order valence-electron chi connectivity index (χ0n) is 24.6. The lowest BCUT2D eigenvalue weighted by atomic mass is 9.93. The highest BCUT2D eigenvalue weighted by atomic mass is 35.5. The normalized spacial score (nSPS) is 14.6. The minimum Gasteiger partial charge on any atom is -0.497 e. The number of hydrogen-bond donors (Lipinski definition) is 0. The van der Waals surface area contributed by atoms with Crippen molar-refractivity contribution in [3.8, 4) is 22.8 Å². The molecular formula is C31H27Cl2N3O8S. The van der Waals surface area contributed by atoms with Crippen LogP contribution in [0.2, 0.25) is 10.0 Å². The summed E-state index contributed by atoms with van der Waals surface area (Å²) in [7, 11) is 3.03. The number of ether oxygens (including phenoxy) is 3. The number of thiazole rings is 1. The van der Waals surface area contributed by atoms with Gasteiger partial charge >= 0.3 is 5.97 Å². The molecule has 0 fully saturated rings. The van der Waals surface area contributed by atoms with Gasteiger partial charge in [-0.15, -0.1) is 0 Å². The number of hydrogen-bond acceptors (Lipinski definition) is 10. The van der Waals surface area contributed by atoms with Crippen LogP contribution in [0.5, 0.6) is 11.5 Å². The molecule has 14 heteroatoms. The summed E-state index contributed by atoms with van der Waals surface area (Å²) in [5.74, 6) is 0.991. The van der Waals surface area contributed by atoms with Crippen LogP contribution in [0, 0.1) is 10.1 Å². The van der Waals surface area contributed by atoms with Crippen molar-refractivity contribution in [2.75, 3.05) is 20.8 Å². The lowest BCUT2D eigenvalue weighted by molar-refractivity contribution is -0.384. The number of benzene rings is 2. The van der Waals surface area contributed by atoms with Crippen LogP contribution in [-0.2, 0) is 9.53 Å². The minimum absolute atomic E-state index is 0.0774. The highest BCUT2D eigenvalue weighted by molar-refractivity contribution is 7.07. The number of aromatic nitrogens is 1. The molecule has 0 bridgehead atoms. The maximum absolute atomic E-state index is 14.1. The second-order valence-corrected chi connectivity index (χ2v) is 11.6. The quantitative estimate of drug-likeness (QED) is 0.113. The molecule has 11 nitrogen and oxygen atoms in total. The third-order valence-corrected chi connectivity index (χ3v) is 8.62. The first kappa shape index (κ1) is 32.0. The molecule has 45 heavy (non-hydrogen) atoms. The molecule has 0 saturated carbocycles. The number of nitro groups is 1. The maximum atomic E-state index is 14.1. The van der Waals surface area contributed by atoms with Crippen molar-refractivity contribution in [2.45, 2.75) is 32.7 Å². The number of nitrogens with zero attached hydrogens (tertiary/aromatic N) is 3. The molecule has 0 radical (unpaired) electrons. The van der Waals surface area contributed by atoms with Crippen molar-refractivity contribution in [1.29, 1.82) is 0 Å². The van der Waals surface area contributed by atoms with E-state index in [2.05, 4.69) is 0 Å². The Bertz CT molecular complexity index is 2030. The Morgan fingerprint density at radius 2 is 1.91 bits per heavy atom. The van der Waals surface area contributed by atoms with Crippen LogP contribution in [-0.4, -0.2) is 36.3 Å². The van der Waals surface area contributed by atoms with E-state index in [1.807, 2.05) is 6.92 Å². The summed E-state index contributed by atoms with van der Waals surface area (Å²) in [4.78, 5) is 43.3. The number of furan rings is 1. The molecule has 234 valence electrons. The van der Waals surface area contributed by atoms with Crippen LogP contribution < -0.4 is 24.4 Å². The van der Waals surface area contributed by atoms with Crippen molar-refractivity contribution >= 4 is 52.3 Å².